The molecule has 0 spiro atoms. The molecule has 0 aliphatic carbocycles. The maximum Gasteiger partial charge on any atom is 0.361 e. The van der Waals surface area contributed by atoms with Crippen LogP contribution in [0.4, 0.5) is 0 Å². The Balaban J connectivity index is 1.93. The molecule has 2 heterocycles. The zero-order valence-electron chi connectivity index (χ0n) is 15.1. The van der Waals surface area contributed by atoms with Gasteiger partial charge in [-0.3, -0.25) is 0 Å². The lowest BCUT2D eigenvalue weighted by Gasteiger charge is -2.07. The van der Waals surface area contributed by atoms with Crippen molar-refractivity contribution in [1.82, 2.24) is 19.8 Å². The van der Waals surface area contributed by atoms with Gasteiger partial charge in [0.15, 0.2) is 11.3 Å². The summed E-state index contributed by atoms with van der Waals surface area (Å²) in [5, 5.41) is 15.3. The summed E-state index contributed by atoms with van der Waals surface area (Å²) in [5.74, 6) is -0.540. The number of carbonyl (C=O) groups excluding carboxylic acids is 1. The van der Waals surface area contributed by atoms with E-state index in [1.807, 2.05) is 25.1 Å². The largest absolute Gasteiger partial charge is 0.457 e. The molecule has 0 saturated carbocycles. The number of esters is 1. The third kappa shape index (κ3) is 2.75. The third-order valence-electron chi connectivity index (χ3n) is 4.53. The van der Waals surface area contributed by atoms with Gasteiger partial charge >= 0.3 is 5.97 Å². The number of fused-ring (bicyclic) bond motifs is 2. The van der Waals surface area contributed by atoms with Crippen LogP contribution >= 0.6 is 0 Å². The van der Waals surface area contributed by atoms with Crippen LogP contribution in [0.2, 0.25) is 0 Å². The van der Waals surface area contributed by atoms with E-state index in [0.29, 0.717) is 11.3 Å². The summed E-state index contributed by atoms with van der Waals surface area (Å²) < 4.78 is 6.74. The molecule has 0 atom stereocenters. The number of aromatic nitrogens is 4. The zero-order chi connectivity index (χ0) is 19.0. The first-order valence-electron chi connectivity index (χ1n) is 8.60. The van der Waals surface area contributed by atoms with Crippen molar-refractivity contribution >= 4 is 22.4 Å². The molecule has 2 aromatic carbocycles. The Morgan fingerprint density at radius 1 is 1.15 bits per heavy atom. The maximum atomic E-state index is 12.2. The zero-order valence-corrected chi connectivity index (χ0v) is 15.1. The highest BCUT2D eigenvalue weighted by atomic mass is 16.5. The Morgan fingerprint density at radius 2 is 1.93 bits per heavy atom. The number of hydrogen-bond acceptors (Lipinski definition) is 5. The molecular weight excluding hydrogens is 340 g/mol. The second-order valence-electron chi connectivity index (χ2n) is 6.24. The number of benzene rings is 2. The fraction of sp³-hybridized carbons (Fsp3) is 0.143. The monoisotopic (exact) mass is 358 g/mol. The standard InChI is InChI=1S/C21H18N4O2/c1-4-12-27-21(26)19-14(3)25-20(23-22-19)18(13(2)24-25)17-11-7-9-15-8-5-6-10-16(15)17/h4-11H,1,12H2,2-3H3. The van der Waals surface area contributed by atoms with Gasteiger partial charge in [-0.05, 0) is 30.2 Å². The SMILES string of the molecule is C=CCOC(=O)c1nnc2c(-c3cccc4ccccc34)c(C)nn2c1C. The minimum Gasteiger partial charge on any atom is -0.457 e. The molecule has 0 aliphatic heterocycles. The first-order valence-corrected chi connectivity index (χ1v) is 8.60. The number of nitrogens with zero attached hydrogens (tertiary/aromatic N) is 4. The summed E-state index contributed by atoms with van der Waals surface area (Å²) in [7, 11) is 0. The van der Waals surface area contributed by atoms with Crippen molar-refractivity contribution in [2.45, 2.75) is 13.8 Å². The van der Waals surface area contributed by atoms with E-state index in [4.69, 9.17) is 4.74 Å². The molecule has 0 radical (unpaired) electrons. The molecule has 0 aliphatic rings. The highest BCUT2D eigenvalue weighted by Crippen LogP contribution is 2.33. The van der Waals surface area contributed by atoms with Crippen LogP contribution in [0, 0.1) is 13.8 Å². The van der Waals surface area contributed by atoms with Crippen LogP contribution in [0.3, 0.4) is 0 Å². The topological polar surface area (TPSA) is 69.4 Å². The van der Waals surface area contributed by atoms with Gasteiger partial charge < -0.3 is 4.74 Å². The molecular formula is C21H18N4O2. The average molecular weight is 358 g/mol. The molecule has 6 nitrogen and oxygen atoms in total. The van der Waals surface area contributed by atoms with E-state index in [2.05, 4.69) is 46.1 Å². The fourth-order valence-electron chi connectivity index (χ4n) is 3.26. The molecule has 0 fully saturated rings. The highest BCUT2D eigenvalue weighted by Gasteiger charge is 2.21. The van der Waals surface area contributed by atoms with Crippen molar-refractivity contribution in [3.63, 3.8) is 0 Å². The highest BCUT2D eigenvalue weighted by molar-refractivity contribution is 6.00. The second kappa shape index (κ2) is 6.64. The minimum absolute atomic E-state index is 0.122. The lowest BCUT2D eigenvalue weighted by Crippen LogP contribution is -2.14. The van der Waals surface area contributed by atoms with Crippen LogP contribution in [0.25, 0.3) is 27.5 Å². The van der Waals surface area contributed by atoms with E-state index in [9.17, 15) is 4.79 Å². The van der Waals surface area contributed by atoms with Crippen LogP contribution < -0.4 is 0 Å². The number of ether oxygens (including phenoxy) is 1. The van der Waals surface area contributed by atoms with Gasteiger partial charge in [-0.15, -0.1) is 10.2 Å². The normalized spacial score (nSPS) is 11.0. The quantitative estimate of drug-likeness (QED) is 0.409. The first kappa shape index (κ1) is 16.9. The van der Waals surface area contributed by atoms with Crippen LogP contribution in [0.15, 0.2) is 55.1 Å². The number of carbonyl (C=O) groups is 1. The van der Waals surface area contributed by atoms with E-state index in [0.717, 1.165) is 27.6 Å². The van der Waals surface area contributed by atoms with Gasteiger partial charge in [0.05, 0.1) is 17.0 Å². The van der Waals surface area contributed by atoms with Crippen molar-refractivity contribution in [3.05, 3.63) is 72.2 Å². The lowest BCUT2D eigenvalue weighted by atomic mass is 9.98. The van der Waals surface area contributed by atoms with Crippen molar-refractivity contribution in [1.29, 1.82) is 0 Å². The van der Waals surface area contributed by atoms with Crippen molar-refractivity contribution < 1.29 is 9.53 Å². The molecule has 134 valence electrons. The molecule has 0 bridgehead atoms. The number of hydrogen-bond donors (Lipinski definition) is 0. The first-order chi connectivity index (χ1) is 13.1. The van der Waals surface area contributed by atoms with E-state index in [1.54, 1.807) is 11.4 Å². The molecule has 4 aromatic rings. The molecule has 0 saturated heterocycles. The Labute approximate surface area is 156 Å². The Kier molecular flexibility index (Phi) is 4.16. The van der Waals surface area contributed by atoms with Gasteiger partial charge in [0.2, 0.25) is 0 Å². The summed E-state index contributed by atoms with van der Waals surface area (Å²) in [6.07, 6.45) is 1.51. The van der Waals surface area contributed by atoms with Crippen molar-refractivity contribution in [2.75, 3.05) is 6.61 Å². The summed E-state index contributed by atoms with van der Waals surface area (Å²) in [6.45, 7) is 7.38. The van der Waals surface area contributed by atoms with E-state index >= 15 is 0 Å². The second-order valence-corrected chi connectivity index (χ2v) is 6.24. The summed E-state index contributed by atoms with van der Waals surface area (Å²) in [5.41, 5.74) is 4.12. The van der Waals surface area contributed by atoms with Gasteiger partial charge in [0.1, 0.15) is 6.61 Å². The lowest BCUT2D eigenvalue weighted by molar-refractivity contribution is 0.0539. The van der Waals surface area contributed by atoms with Crippen LogP contribution in [0.1, 0.15) is 21.9 Å². The molecule has 0 unspecified atom stereocenters. The van der Waals surface area contributed by atoms with Gasteiger partial charge in [0, 0.05) is 0 Å². The smallest absolute Gasteiger partial charge is 0.361 e. The maximum absolute atomic E-state index is 12.2. The van der Waals surface area contributed by atoms with E-state index in [1.165, 1.54) is 6.08 Å². The van der Waals surface area contributed by atoms with Gasteiger partial charge in [-0.1, -0.05) is 55.1 Å². The Bertz CT molecular complexity index is 1190. The summed E-state index contributed by atoms with van der Waals surface area (Å²) >= 11 is 0. The molecule has 27 heavy (non-hydrogen) atoms. The Morgan fingerprint density at radius 3 is 2.74 bits per heavy atom. The van der Waals surface area contributed by atoms with Crippen molar-refractivity contribution in [2.24, 2.45) is 0 Å². The predicted octanol–water partition coefficient (Wildman–Crippen LogP) is 3.90. The van der Waals surface area contributed by atoms with Gasteiger partial charge in [-0.25, -0.2) is 9.31 Å². The molecule has 2 aromatic heterocycles. The molecule has 0 amide bonds. The third-order valence-corrected chi connectivity index (χ3v) is 4.53. The molecule has 6 heteroatoms. The molecule has 0 N–H and O–H groups in total. The molecule has 4 rings (SSSR count). The summed E-state index contributed by atoms with van der Waals surface area (Å²) in [4.78, 5) is 12.2. The van der Waals surface area contributed by atoms with Gasteiger partial charge in [0.25, 0.3) is 0 Å². The van der Waals surface area contributed by atoms with Crippen LogP contribution in [0.5, 0.6) is 0 Å². The predicted molar refractivity (Wildman–Crippen MR) is 104 cm³/mol. The van der Waals surface area contributed by atoms with E-state index < -0.39 is 5.97 Å². The summed E-state index contributed by atoms with van der Waals surface area (Å²) in [6, 6.07) is 14.3. The van der Waals surface area contributed by atoms with Crippen LogP contribution in [-0.2, 0) is 4.74 Å². The van der Waals surface area contributed by atoms with Gasteiger partial charge in [-0.2, -0.15) is 5.10 Å². The Hall–Kier alpha value is -3.54. The van der Waals surface area contributed by atoms with Crippen LogP contribution in [-0.4, -0.2) is 32.4 Å². The number of rotatable bonds is 4. The number of aryl methyl sites for hydroxylation is 2. The van der Waals surface area contributed by atoms with E-state index in [-0.39, 0.29) is 12.3 Å². The minimum atomic E-state index is -0.540. The van der Waals surface area contributed by atoms with Crippen molar-refractivity contribution in [3.8, 4) is 11.1 Å². The average Bonchev–Trinajstić information content (AvgIpc) is 3.02. The fourth-order valence-corrected chi connectivity index (χ4v) is 3.26.